The molecule has 1 amide bonds. The number of carbonyl (C=O) groups is 1. The first-order valence-corrected chi connectivity index (χ1v) is 8.54. The monoisotopic (exact) mass is 319 g/mol. The molecular weight excluding hydrogens is 302 g/mol. The highest BCUT2D eigenvalue weighted by Crippen LogP contribution is 2.25. The van der Waals surface area contributed by atoms with E-state index in [1.807, 2.05) is 0 Å². The molecule has 1 aliphatic rings. The van der Waals surface area contributed by atoms with Gasteiger partial charge in [0, 0.05) is 26.1 Å². The van der Waals surface area contributed by atoms with Crippen LogP contribution >= 0.6 is 11.3 Å². The van der Waals surface area contributed by atoms with E-state index in [0.717, 1.165) is 24.3 Å². The van der Waals surface area contributed by atoms with E-state index in [1.54, 1.807) is 6.92 Å². The summed E-state index contributed by atoms with van der Waals surface area (Å²) in [7, 11) is -3.66. The molecule has 112 valence electrons. The Morgan fingerprint density at radius 2 is 2.30 bits per heavy atom. The van der Waals surface area contributed by atoms with Gasteiger partial charge in [0.15, 0.2) is 0 Å². The molecular formula is C10H17N5O3S2. The Labute approximate surface area is 121 Å². The van der Waals surface area contributed by atoms with Gasteiger partial charge in [-0.1, -0.05) is 18.3 Å². The van der Waals surface area contributed by atoms with Crippen molar-refractivity contribution >= 4 is 32.4 Å². The van der Waals surface area contributed by atoms with Gasteiger partial charge in [0.2, 0.25) is 15.4 Å². The fraction of sp³-hybridized carbons (Fsp3) is 0.700. The van der Waals surface area contributed by atoms with Crippen LogP contribution in [0.25, 0.3) is 0 Å². The smallest absolute Gasteiger partial charge is 0.272 e. The summed E-state index contributed by atoms with van der Waals surface area (Å²) in [5, 5.41) is 13.1. The number of sulfonamides is 1. The Morgan fingerprint density at radius 1 is 1.55 bits per heavy atom. The van der Waals surface area contributed by atoms with E-state index >= 15 is 0 Å². The highest BCUT2D eigenvalue weighted by atomic mass is 32.2. The fourth-order valence-corrected chi connectivity index (χ4v) is 4.85. The SMILES string of the molecule is CCN(C1CCNC1)S(=O)(=O)c1nnc(NC(C)=O)s1. The van der Waals surface area contributed by atoms with Gasteiger partial charge in [-0.25, -0.2) is 8.42 Å². The summed E-state index contributed by atoms with van der Waals surface area (Å²) in [6, 6.07) is -0.0573. The van der Waals surface area contributed by atoms with Gasteiger partial charge in [-0.2, -0.15) is 4.31 Å². The van der Waals surface area contributed by atoms with E-state index in [1.165, 1.54) is 11.2 Å². The van der Waals surface area contributed by atoms with Crippen molar-refractivity contribution in [2.24, 2.45) is 0 Å². The second-order valence-corrected chi connectivity index (χ2v) is 7.45. The molecule has 0 radical (unpaired) electrons. The zero-order chi connectivity index (χ0) is 14.8. The molecule has 1 aromatic rings. The average molecular weight is 319 g/mol. The van der Waals surface area contributed by atoms with Gasteiger partial charge in [-0.15, -0.1) is 10.2 Å². The highest BCUT2D eigenvalue weighted by molar-refractivity contribution is 7.91. The molecule has 2 N–H and O–H groups in total. The van der Waals surface area contributed by atoms with Crippen LogP contribution in [0.4, 0.5) is 5.13 Å². The number of nitrogens with zero attached hydrogens (tertiary/aromatic N) is 3. The van der Waals surface area contributed by atoms with E-state index in [0.29, 0.717) is 13.1 Å². The maximum Gasteiger partial charge on any atom is 0.272 e. The number of amides is 1. The topological polar surface area (TPSA) is 104 Å². The van der Waals surface area contributed by atoms with Gasteiger partial charge < -0.3 is 10.6 Å². The third-order valence-electron chi connectivity index (χ3n) is 2.97. The molecule has 1 aliphatic heterocycles. The molecule has 20 heavy (non-hydrogen) atoms. The number of rotatable bonds is 5. The number of hydrogen-bond donors (Lipinski definition) is 2. The molecule has 0 saturated carbocycles. The van der Waals surface area contributed by atoms with E-state index in [2.05, 4.69) is 20.8 Å². The van der Waals surface area contributed by atoms with Crippen LogP contribution in [-0.4, -0.2) is 54.5 Å². The maximum atomic E-state index is 12.5. The summed E-state index contributed by atoms with van der Waals surface area (Å²) in [6.45, 7) is 4.96. The Hall–Kier alpha value is -1.10. The second-order valence-electron chi connectivity index (χ2n) is 4.41. The minimum absolute atomic E-state index is 0.0573. The second kappa shape index (κ2) is 6.12. The molecule has 0 bridgehead atoms. The van der Waals surface area contributed by atoms with Crippen LogP contribution < -0.4 is 10.6 Å². The van der Waals surface area contributed by atoms with Crippen LogP contribution in [0.15, 0.2) is 4.34 Å². The first-order valence-electron chi connectivity index (χ1n) is 6.28. The van der Waals surface area contributed by atoms with Gasteiger partial charge in [0.1, 0.15) is 0 Å². The quantitative estimate of drug-likeness (QED) is 0.733. The summed E-state index contributed by atoms with van der Waals surface area (Å²) >= 11 is 0.866. The van der Waals surface area contributed by atoms with Crippen molar-refractivity contribution in [1.82, 2.24) is 19.8 Å². The zero-order valence-corrected chi connectivity index (χ0v) is 12.9. The van der Waals surface area contributed by atoms with Crippen LogP contribution in [0.5, 0.6) is 0 Å². The van der Waals surface area contributed by atoms with Crippen molar-refractivity contribution < 1.29 is 13.2 Å². The summed E-state index contributed by atoms with van der Waals surface area (Å²) in [6.07, 6.45) is 0.782. The summed E-state index contributed by atoms with van der Waals surface area (Å²) in [5.74, 6) is -0.308. The molecule has 1 saturated heterocycles. The highest BCUT2D eigenvalue weighted by Gasteiger charge is 2.34. The van der Waals surface area contributed by atoms with Crippen molar-refractivity contribution in [3.05, 3.63) is 0 Å². The minimum Gasteiger partial charge on any atom is -0.315 e. The molecule has 1 fully saturated rings. The third-order valence-corrected chi connectivity index (χ3v) is 6.18. The van der Waals surface area contributed by atoms with Crippen LogP contribution in [-0.2, 0) is 14.8 Å². The maximum absolute atomic E-state index is 12.5. The molecule has 0 aromatic carbocycles. The molecule has 0 spiro atoms. The van der Waals surface area contributed by atoms with Crippen molar-refractivity contribution in [1.29, 1.82) is 0 Å². The summed E-state index contributed by atoms with van der Waals surface area (Å²) in [5.41, 5.74) is 0. The standard InChI is InChI=1S/C10H17N5O3S2/c1-3-15(8-4-5-11-6-8)20(17,18)10-14-13-9(19-10)12-7(2)16/h8,11H,3-6H2,1-2H3,(H,12,13,16). The van der Waals surface area contributed by atoms with Crippen LogP contribution in [0.1, 0.15) is 20.3 Å². The number of nitrogens with one attached hydrogen (secondary N) is 2. The lowest BCUT2D eigenvalue weighted by molar-refractivity contribution is -0.114. The average Bonchev–Trinajstić information content (AvgIpc) is 3.00. The lowest BCUT2D eigenvalue weighted by Gasteiger charge is -2.24. The fourth-order valence-electron chi connectivity index (χ4n) is 2.13. The Kier molecular flexibility index (Phi) is 4.68. The number of carbonyl (C=O) groups excluding carboxylic acids is 1. The summed E-state index contributed by atoms with van der Waals surface area (Å²) in [4.78, 5) is 10.9. The molecule has 1 unspecified atom stereocenters. The third kappa shape index (κ3) is 3.14. The van der Waals surface area contributed by atoms with Crippen LogP contribution in [0, 0.1) is 0 Å². The molecule has 1 aromatic heterocycles. The van der Waals surface area contributed by atoms with Gasteiger partial charge in [-0.3, -0.25) is 4.79 Å². The molecule has 2 heterocycles. The Morgan fingerprint density at radius 3 is 2.85 bits per heavy atom. The van der Waals surface area contributed by atoms with E-state index < -0.39 is 10.0 Å². The van der Waals surface area contributed by atoms with Gasteiger partial charge in [-0.05, 0) is 13.0 Å². The van der Waals surface area contributed by atoms with Crippen molar-refractivity contribution in [2.75, 3.05) is 25.0 Å². The number of likely N-dealkylation sites (N-methyl/N-ethyl adjacent to an activating group) is 1. The van der Waals surface area contributed by atoms with E-state index in [-0.39, 0.29) is 21.4 Å². The lowest BCUT2D eigenvalue weighted by atomic mass is 10.3. The predicted molar refractivity (Wildman–Crippen MR) is 75.1 cm³/mol. The first kappa shape index (κ1) is 15.3. The molecule has 10 heteroatoms. The van der Waals surface area contributed by atoms with E-state index in [9.17, 15) is 13.2 Å². The van der Waals surface area contributed by atoms with Gasteiger partial charge in [0.05, 0.1) is 0 Å². The Balaban J connectivity index is 2.23. The van der Waals surface area contributed by atoms with Crippen molar-refractivity contribution in [3.8, 4) is 0 Å². The molecule has 8 nitrogen and oxygen atoms in total. The summed E-state index contributed by atoms with van der Waals surface area (Å²) < 4.78 is 26.4. The van der Waals surface area contributed by atoms with Crippen LogP contribution in [0.3, 0.4) is 0 Å². The van der Waals surface area contributed by atoms with E-state index in [4.69, 9.17) is 0 Å². The van der Waals surface area contributed by atoms with Crippen LogP contribution in [0.2, 0.25) is 0 Å². The lowest BCUT2D eigenvalue weighted by Crippen LogP contribution is -2.41. The predicted octanol–water partition coefficient (Wildman–Crippen LogP) is -0.131. The molecule has 0 aliphatic carbocycles. The first-order chi connectivity index (χ1) is 9.45. The number of aromatic nitrogens is 2. The minimum atomic E-state index is -3.66. The van der Waals surface area contributed by atoms with Gasteiger partial charge in [0.25, 0.3) is 10.0 Å². The van der Waals surface area contributed by atoms with Gasteiger partial charge >= 0.3 is 0 Å². The normalized spacial score (nSPS) is 19.4. The van der Waals surface area contributed by atoms with Crippen molar-refractivity contribution in [2.45, 2.75) is 30.6 Å². The number of hydrogen-bond acceptors (Lipinski definition) is 7. The number of anilines is 1. The molecule has 1 atom stereocenters. The molecule has 2 rings (SSSR count). The van der Waals surface area contributed by atoms with Crippen molar-refractivity contribution in [3.63, 3.8) is 0 Å². The largest absolute Gasteiger partial charge is 0.315 e. The Bertz CT molecular complexity index is 579. The zero-order valence-electron chi connectivity index (χ0n) is 11.3.